The molecule has 0 saturated heterocycles. The maximum Gasteiger partial charge on any atom is 0.349 e. The van der Waals surface area contributed by atoms with E-state index >= 15 is 0 Å². The van der Waals surface area contributed by atoms with Gasteiger partial charge in [0, 0.05) is 0 Å². The van der Waals surface area contributed by atoms with Gasteiger partial charge in [0.05, 0.1) is 27.9 Å². The Labute approximate surface area is 105 Å². The van der Waals surface area contributed by atoms with Crippen LogP contribution in [0.3, 0.4) is 0 Å². The topological polar surface area (TPSA) is 144 Å². The fourth-order valence-corrected chi connectivity index (χ4v) is 2.04. The Morgan fingerprint density at radius 2 is 1.47 bits per heavy atom. The van der Waals surface area contributed by atoms with Crippen molar-refractivity contribution in [2.75, 3.05) is 5.73 Å². The second kappa shape index (κ2) is 3.80. The van der Waals surface area contributed by atoms with Gasteiger partial charge in [-0.3, -0.25) is 0 Å². The van der Waals surface area contributed by atoms with Crippen molar-refractivity contribution in [1.82, 2.24) is 0 Å². The first-order valence-corrected chi connectivity index (χ1v) is 4.96. The van der Waals surface area contributed by atoms with Crippen LogP contribution in [0.2, 0.25) is 0 Å². The van der Waals surface area contributed by atoms with E-state index < -0.39 is 46.3 Å². The van der Waals surface area contributed by atoms with E-state index in [9.17, 15) is 19.2 Å². The fraction of sp³-hybridized carbons (Fsp3) is 0.0909. The van der Waals surface area contributed by atoms with Crippen LogP contribution in [0.5, 0.6) is 0 Å². The van der Waals surface area contributed by atoms with Gasteiger partial charge in [-0.25, -0.2) is 19.2 Å². The van der Waals surface area contributed by atoms with Crippen LogP contribution in [-0.2, 0) is 4.74 Å². The number of anilines is 1. The molecule has 0 atom stereocenters. The van der Waals surface area contributed by atoms with E-state index in [-0.39, 0.29) is 11.1 Å². The summed E-state index contributed by atoms with van der Waals surface area (Å²) < 4.78 is 4.32. The number of carboxylic acid groups (broad SMARTS) is 2. The molecule has 19 heavy (non-hydrogen) atoms. The highest BCUT2D eigenvalue weighted by Crippen LogP contribution is 2.34. The van der Waals surface area contributed by atoms with E-state index in [0.29, 0.717) is 0 Å². The molecule has 0 aliphatic carbocycles. The van der Waals surface area contributed by atoms with E-state index in [0.717, 1.165) is 0 Å². The van der Waals surface area contributed by atoms with E-state index in [2.05, 4.69) is 4.74 Å². The number of carbonyl (C=O) groups excluding carboxylic acids is 2. The third kappa shape index (κ3) is 1.53. The van der Waals surface area contributed by atoms with E-state index in [1.807, 2.05) is 0 Å². The normalized spacial score (nSPS) is 13.1. The molecule has 8 nitrogen and oxygen atoms in total. The summed E-state index contributed by atoms with van der Waals surface area (Å²) in [6.45, 7) is 1.22. The summed E-state index contributed by atoms with van der Waals surface area (Å²) >= 11 is 0. The van der Waals surface area contributed by atoms with Crippen LogP contribution in [0.25, 0.3) is 0 Å². The number of esters is 2. The summed E-state index contributed by atoms with van der Waals surface area (Å²) in [7, 11) is 0. The zero-order valence-electron chi connectivity index (χ0n) is 9.51. The number of ether oxygens (including phenoxy) is 1. The molecule has 0 amide bonds. The molecule has 0 spiro atoms. The summed E-state index contributed by atoms with van der Waals surface area (Å²) in [5.41, 5.74) is 2.70. The largest absolute Gasteiger partial charge is 0.478 e. The summed E-state index contributed by atoms with van der Waals surface area (Å²) in [4.78, 5) is 45.1. The molecule has 4 N–H and O–H groups in total. The lowest BCUT2D eigenvalue weighted by atomic mass is 9.91. The number of rotatable bonds is 2. The second-order valence-electron chi connectivity index (χ2n) is 3.83. The molecular weight excluding hydrogens is 258 g/mol. The molecule has 1 heterocycles. The number of aromatic carboxylic acids is 2. The van der Waals surface area contributed by atoms with Gasteiger partial charge in [-0.05, 0) is 12.5 Å². The van der Waals surface area contributed by atoms with E-state index in [1.165, 1.54) is 6.92 Å². The number of fused-ring (bicyclic) bond motifs is 1. The summed E-state index contributed by atoms with van der Waals surface area (Å²) in [5, 5.41) is 18.1. The third-order valence-electron chi connectivity index (χ3n) is 2.81. The Balaban J connectivity index is 3.01. The molecule has 8 heteroatoms. The van der Waals surface area contributed by atoms with E-state index in [4.69, 9.17) is 15.9 Å². The first-order valence-electron chi connectivity index (χ1n) is 4.96. The smallest absolute Gasteiger partial charge is 0.349 e. The van der Waals surface area contributed by atoms with Crippen LogP contribution in [-0.4, -0.2) is 34.1 Å². The number of nitrogens with two attached hydrogens (primary N) is 1. The van der Waals surface area contributed by atoms with Crippen LogP contribution in [0.4, 0.5) is 5.69 Å². The summed E-state index contributed by atoms with van der Waals surface area (Å²) in [6.07, 6.45) is 0. The van der Waals surface area contributed by atoms with Crippen molar-refractivity contribution >= 4 is 29.6 Å². The molecule has 1 aromatic rings. The van der Waals surface area contributed by atoms with Crippen molar-refractivity contribution in [2.24, 2.45) is 0 Å². The predicted octanol–water partition coefficient (Wildman–Crippen LogP) is 0.284. The Morgan fingerprint density at radius 1 is 1.00 bits per heavy atom. The average Bonchev–Trinajstić information content (AvgIpc) is 2.58. The molecule has 98 valence electrons. The highest BCUT2D eigenvalue weighted by atomic mass is 16.6. The lowest BCUT2D eigenvalue weighted by Gasteiger charge is -2.11. The van der Waals surface area contributed by atoms with Gasteiger partial charge in [0.25, 0.3) is 0 Å². The number of hydrogen-bond donors (Lipinski definition) is 3. The van der Waals surface area contributed by atoms with Crippen LogP contribution in [0, 0.1) is 6.92 Å². The van der Waals surface area contributed by atoms with E-state index in [1.54, 1.807) is 0 Å². The van der Waals surface area contributed by atoms with Gasteiger partial charge in [-0.15, -0.1) is 0 Å². The van der Waals surface area contributed by atoms with Crippen molar-refractivity contribution in [2.45, 2.75) is 6.92 Å². The lowest BCUT2D eigenvalue weighted by Crippen LogP contribution is -2.17. The Morgan fingerprint density at radius 3 is 1.95 bits per heavy atom. The number of carboxylic acids is 2. The zero-order chi connectivity index (χ0) is 14.5. The molecule has 0 saturated carbocycles. The maximum atomic E-state index is 11.5. The first kappa shape index (κ1) is 12.6. The monoisotopic (exact) mass is 265 g/mol. The van der Waals surface area contributed by atoms with Gasteiger partial charge in [0.15, 0.2) is 0 Å². The maximum absolute atomic E-state index is 11.5. The molecule has 0 radical (unpaired) electrons. The Kier molecular flexibility index (Phi) is 2.51. The SMILES string of the molecule is Cc1c(C(=O)O)c(C(=O)O)c(N)c2c1C(=O)OC2=O. The summed E-state index contributed by atoms with van der Waals surface area (Å²) in [5.74, 6) is -5.28. The fourth-order valence-electron chi connectivity index (χ4n) is 2.04. The lowest BCUT2D eigenvalue weighted by molar-refractivity contribution is 0.0443. The minimum atomic E-state index is -1.60. The zero-order valence-corrected chi connectivity index (χ0v) is 9.51. The molecule has 1 aliphatic heterocycles. The molecule has 1 aliphatic rings. The van der Waals surface area contributed by atoms with Crippen LogP contribution < -0.4 is 5.73 Å². The van der Waals surface area contributed by atoms with Gasteiger partial charge in [0.1, 0.15) is 0 Å². The number of carbonyl (C=O) groups is 4. The van der Waals surface area contributed by atoms with Crippen LogP contribution in [0.15, 0.2) is 0 Å². The quantitative estimate of drug-likeness (QED) is 0.393. The van der Waals surface area contributed by atoms with Crippen molar-refractivity contribution in [3.8, 4) is 0 Å². The second-order valence-corrected chi connectivity index (χ2v) is 3.83. The standard InChI is InChI=1S/C11H7NO7/c1-2-3(8(13)14)5(9(15)16)7(12)6-4(2)10(17)19-11(6)18/h12H2,1H3,(H,13,14)(H,15,16). The molecule has 0 fully saturated rings. The number of benzene rings is 1. The first-order chi connectivity index (χ1) is 8.77. The molecule has 2 rings (SSSR count). The van der Waals surface area contributed by atoms with Crippen LogP contribution in [0.1, 0.15) is 47.0 Å². The molecule has 0 aromatic heterocycles. The Hall–Kier alpha value is -2.90. The minimum absolute atomic E-state index is 0.162. The number of cyclic esters (lactones) is 2. The third-order valence-corrected chi connectivity index (χ3v) is 2.81. The van der Waals surface area contributed by atoms with Gasteiger partial charge in [-0.1, -0.05) is 0 Å². The minimum Gasteiger partial charge on any atom is -0.478 e. The molecule has 0 bridgehead atoms. The molecular formula is C11H7NO7. The number of nitrogen functional groups attached to an aromatic ring is 1. The molecule has 0 unspecified atom stereocenters. The predicted molar refractivity (Wildman–Crippen MR) is 59.3 cm³/mol. The van der Waals surface area contributed by atoms with Crippen molar-refractivity contribution in [1.29, 1.82) is 0 Å². The van der Waals surface area contributed by atoms with Gasteiger partial charge in [0.2, 0.25) is 0 Å². The highest BCUT2D eigenvalue weighted by Gasteiger charge is 2.39. The van der Waals surface area contributed by atoms with Crippen molar-refractivity contribution in [3.63, 3.8) is 0 Å². The van der Waals surface area contributed by atoms with Gasteiger partial charge < -0.3 is 20.7 Å². The Bertz CT molecular complexity index is 617. The molecule has 1 aromatic carbocycles. The summed E-state index contributed by atoms with van der Waals surface area (Å²) in [6, 6.07) is 0. The number of hydrogen-bond acceptors (Lipinski definition) is 6. The van der Waals surface area contributed by atoms with Gasteiger partial charge in [-0.2, -0.15) is 0 Å². The average molecular weight is 265 g/mol. The van der Waals surface area contributed by atoms with Crippen molar-refractivity contribution in [3.05, 3.63) is 27.8 Å². The van der Waals surface area contributed by atoms with Crippen molar-refractivity contribution < 1.29 is 34.1 Å². The van der Waals surface area contributed by atoms with Crippen LogP contribution >= 0.6 is 0 Å². The highest BCUT2D eigenvalue weighted by molar-refractivity contribution is 6.22. The van der Waals surface area contributed by atoms with Gasteiger partial charge >= 0.3 is 23.9 Å².